The number of primary amides is 1. The summed E-state index contributed by atoms with van der Waals surface area (Å²) in [6.07, 6.45) is 4.59. The van der Waals surface area contributed by atoms with Crippen molar-refractivity contribution < 1.29 is 9.90 Å². The number of aliphatic hydroxyl groups is 1. The van der Waals surface area contributed by atoms with Crippen molar-refractivity contribution in [1.29, 1.82) is 10.8 Å². The number of amides is 1. The highest BCUT2D eigenvalue weighted by Gasteiger charge is 2.16. The average molecular weight is 343 g/mol. The normalized spacial score (nSPS) is 16.4. The van der Waals surface area contributed by atoms with Crippen LogP contribution in [0.25, 0.3) is 0 Å². The number of rotatable bonds is 7. The number of aliphatic hydroxyl groups excluding tert-OH is 1. The van der Waals surface area contributed by atoms with Crippen LogP contribution in [0, 0.1) is 10.8 Å². The predicted octanol–water partition coefficient (Wildman–Crippen LogP) is 1.14. The number of nitrogens with two attached hydrogens (primary N) is 1. The lowest BCUT2D eigenvalue weighted by molar-refractivity contribution is -0.114. The summed E-state index contributed by atoms with van der Waals surface area (Å²) >= 11 is 0. The number of benzene rings is 1. The molecular formula is C18H25N5O2. The Kier molecular flexibility index (Phi) is 6.85. The second-order valence-electron chi connectivity index (χ2n) is 6.13. The SMILES string of the molecule is N=C/C=C(/C(=N)Nc1ccc(CCN2CCC(O)CC2)cc1)C(N)=O. The van der Waals surface area contributed by atoms with Crippen LogP contribution in [0.4, 0.5) is 5.69 Å². The van der Waals surface area contributed by atoms with Gasteiger partial charge in [0.2, 0.25) is 0 Å². The molecule has 0 unspecified atom stereocenters. The molecule has 0 aliphatic carbocycles. The molecule has 1 aromatic rings. The van der Waals surface area contributed by atoms with Crippen molar-refractivity contribution in [3.05, 3.63) is 41.5 Å². The van der Waals surface area contributed by atoms with Gasteiger partial charge in [-0.05, 0) is 43.0 Å². The minimum absolute atomic E-state index is 0.0358. The molecule has 2 rings (SSSR count). The molecule has 0 atom stereocenters. The van der Waals surface area contributed by atoms with Gasteiger partial charge in [-0.2, -0.15) is 0 Å². The first-order chi connectivity index (χ1) is 12.0. The minimum Gasteiger partial charge on any atom is -0.393 e. The summed E-state index contributed by atoms with van der Waals surface area (Å²) in [5, 5.41) is 27.3. The lowest BCUT2D eigenvalue weighted by atomic mass is 10.1. The molecule has 0 radical (unpaired) electrons. The van der Waals surface area contributed by atoms with Gasteiger partial charge in [-0.3, -0.25) is 10.2 Å². The summed E-state index contributed by atoms with van der Waals surface area (Å²) in [4.78, 5) is 13.6. The van der Waals surface area contributed by atoms with Crippen molar-refractivity contribution in [2.75, 3.05) is 25.0 Å². The smallest absolute Gasteiger partial charge is 0.252 e. The molecule has 1 saturated heterocycles. The molecule has 7 heteroatoms. The maximum Gasteiger partial charge on any atom is 0.252 e. The highest BCUT2D eigenvalue weighted by atomic mass is 16.3. The van der Waals surface area contributed by atoms with E-state index in [-0.39, 0.29) is 17.5 Å². The molecule has 1 aromatic carbocycles. The average Bonchev–Trinajstić information content (AvgIpc) is 2.60. The molecule has 1 heterocycles. The van der Waals surface area contributed by atoms with E-state index in [0.29, 0.717) is 5.69 Å². The lowest BCUT2D eigenvalue weighted by Gasteiger charge is -2.29. The van der Waals surface area contributed by atoms with Crippen LogP contribution in [-0.4, -0.2) is 53.7 Å². The molecule has 1 aliphatic rings. The fraction of sp³-hybridized carbons (Fsp3) is 0.389. The number of anilines is 1. The Bertz CT molecular complexity index is 646. The van der Waals surface area contributed by atoms with E-state index in [1.807, 2.05) is 24.3 Å². The highest BCUT2D eigenvalue weighted by Crippen LogP contribution is 2.14. The van der Waals surface area contributed by atoms with E-state index in [0.717, 1.165) is 45.1 Å². The van der Waals surface area contributed by atoms with Crippen LogP contribution < -0.4 is 11.1 Å². The summed E-state index contributed by atoms with van der Waals surface area (Å²) in [6.45, 7) is 2.84. The van der Waals surface area contributed by atoms with Crippen molar-refractivity contribution in [2.24, 2.45) is 5.73 Å². The molecule has 1 aliphatic heterocycles. The molecule has 0 aromatic heterocycles. The van der Waals surface area contributed by atoms with Crippen molar-refractivity contribution in [1.82, 2.24) is 4.90 Å². The van der Waals surface area contributed by atoms with Gasteiger partial charge in [-0.1, -0.05) is 12.1 Å². The first-order valence-corrected chi connectivity index (χ1v) is 8.35. The number of carbonyl (C=O) groups excluding carboxylic acids is 1. The Hall–Kier alpha value is -2.51. The first kappa shape index (κ1) is 18.8. The maximum absolute atomic E-state index is 11.3. The number of nitrogens with one attached hydrogen (secondary N) is 3. The van der Waals surface area contributed by atoms with Crippen LogP contribution in [0.5, 0.6) is 0 Å². The van der Waals surface area contributed by atoms with Gasteiger partial charge in [0.25, 0.3) is 5.91 Å². The summed E-state index contributed by atoms with van der Waals surface area (Å²) in [5.41, 5.74) is 7.05. The van der Waals surface area contributed by atoms with Gasteiger partial charge in [0, 0.05) is 31.5 Å². The van der Waals surface area contributed by atoms with Gasteiger partial charge in [0.05, 0.1) is 11.7 Å². The van der Waals surface area contributed by atoms with Gasteiger partial charge in [-0.15, -0.1) is 0 Å². The summed E-state index contributed by atoms with van der Waals surface area (Å²) in [7, 11) is 0. The molecule has 0 bridgehead atoms. The van der Waals surface area contributed by atoms with Gasteiger partial charge in [0.1, 0.15) is 5.84 Å². The molecule has 1 fully saturated rings. The zero-order chi connectivity index (χ0) is 18.2. The number of hydrogen-bond acceptors (Lipinski definition) is 5. The van der Waals surface area contributed by atoms with Gasteiger partial charge >= 0.3 is 0 Å². The van der Waals surface area contributed by atoms with Crippen LogP contribution in [0.15, 0.2) is 35.9 Å². The second kappa shape index (κ2) is 9.10. The van der Waals surface area contributed by atoms with E-state index in [4.69, 9.17) is 16.6 Å². The monoisotopic (exact) mass is 343 g/mol. The van der Waals surface area contributed by atoms with Crippen LogP contribution in [0.1, 0.15) is 18.4 Å². The number of allylic oxidation sites excluding steroid dienone is 1. The summed E-state index contributed by atoms with van der Waals surface area (Å²) < 4.78 is 0. The number of nitrogens with zero attached hydrogens (tertiary/aromatic N) is 1. The number of carbonyl (C=O) groups is 1. The van der Waals surface area contributed by atoms with Gasteiger partial charge < -0.3 is 26.5 Å². The minimum atomic E-state index is -0.746. The van der Waals surface area contributed by atoms with Crippen LogP contribution in [0.3, 0.4) is 0 Å². The van der Waals surface area contributed by atoms with Crippen molar-refractivity contribution >= 4 is 23.6 Å². The maximum atomic E-state index is 11.3. The van der Waals surface area contributed by atoms with Gasteiger partial charge in [0.15, 0.2) is 0 Å². The van der Waals surface area contributed by atoms with Crippen LogP contribution in [-0.2, 0) is 11.2 Å². The van der Waals surface area contributed by atoms with Crippen LogP contribution >= 0.6 is 0 Å². The van der Waals surface area contributed by atoms with Crippen molar-refractivity contribution in [3.8, 4) is 0 Å². The first-order valence-electron chi connectivity index (χ1n) is 8.35. The molecule has 134 valence electrons. The van der Waals surface area contributed by atoms with Gasteiger partial charge in [-0.25, -0.2) is 0 Å². The van der Waals surface area contributed by atoms with Crippen LogP contribution in [0.2, 0.25) is 0 Å². The third-order valence-corrected chi connectivity index (χ3v) is 4.28. The lowest BCUT2D eigenvalue weighted by Crippen LogP contribution is -2.37. The number of amidine groups is 1. The van der Waals surface area contributed by atoms with Crippen molar-refractivity contribution in [3.63, 3.8) is 0 Å². The molecule has 0 saturated carbocycles. The predicted molar refractivity (Wildman–Crippen MR) is 99.2 cm³/mol. The molecule has 1 amide bonds. The van der Waals surface area contributed by atoms with E-state index >= 15 is 0 Å². The van der Waals surface area contributed by atoms with E-state index < -0.39 is 5.91 Å². The third kappa shape index (κ3) is 5.81. The fourth-order valence-electron chi connectivity index (χ4n) is 2.77. The molecule has 25 heavy (non-hydrogen) atoms. The number of likely N-dealkylation sites (tertiary alicyclic amines) is 1. The molecular weight excluding hydrogens is 318 g/mol. The fourth-order valence-corrected chi connectivity index (χ4v) is 2.77. The summed E-state index contributed by atoms with van der Waals surface area (Å²) in [5.74, 6) is -0.875. The second-order valence-corrected chi connectivity index (χ2v) is 6.13. The highest BCUT2D eigenvalue weighted by molar-refractivity contribution is 6.24. The standard InChI is InChI=1S/C18H25N5O2/c19-9-5-16(18(21)25)17(20)22-14-3-1-13(2-4-14)6-10-23-11-7-15(24)8-12-23/h1-5,9,15,19,24H,6-8,10-12H2,(H2,20,22)(H2,21,25)/b16-5-,19-9?. The number of hydrogen-bond donors (Lipinski definition) is 5. The third-order valence-electron chi connectivity index (χ3n) is 4.28. The van der Waals surface area contributed by atoms with E-state index in [2.05, 4.69) is 10.2 Å². The molecule has 6 N–H and O–H groups in total. The zero-order valence-electron chi connectivity index (χ0n) is 14.2. The van der Waals surface area contributed by atoms with E-state index in [1.54, 1.807) is 0 Å². The Morgan fingerprint density at radius 3 is 2.52 bits per heavy atom. The Morgan fingerprint density at radius 2 is 1.96 bits per heavy atom. The Labute approximate surface area is 147 Å². The molecule has 0 spiro atoms. The van der Waals surface area contributed by atoms with E-state index in [9.17, 15) is 9.90 Å². The Morgan fingerprint density at radius 1 is 1.32 bits per heavy atom. The topological polar surface area (TPSA) is 126 Å². The van der Waals surface area contributed by atoms with Crippen molar-refractivity contribution in [2.45, 2.75) is 25.4 Å². The molecule has 7 nitrogen and oxygen atoms in total. The number of piperidine rings is 1. The summed E-state index contributed by atoms with van der Waals surface area (Å²) in [6, 6.07) is 7.68. The Balaban J connectivity index is 1.87. The zero-order valence-corrected chi connectivity index (χ0v) is 14.2. The largest absolute Gasteiger partial charge is 0.393 e. The quantitative estimate of drug-likeness (QED) is 0.289. The van der Waals surface area contributed by atoms with E-state index in [1.165, 1.54) is 11.6 Å².